The van der Waals surface area contributed by atoms with Gasteiger partial charge in [-0.25, -0.2) is 0 Å². The summed E-state index contributed by atoms with van der Waals surface area (Å²) >= 11 is 4.25. The summed E-state index contributed by atoms with van der Waals surface area (Å²) < 4.78 is 0. The van der Waals surface area contributed by atoms with Crippen LogP contribution >= 0.6 is 23.5 Å². The van der Waals surface area contributed by atoms with Crippen molar-refractivity contribution in [3.05, 3.63) is 29.6 Å². The van der Waals surface area contributed by atoms with E-state index in [2.05, 4.69) is 60.8 Å². The zero-order valence-electron chi connectivity index (χ0n) is 11.3. The summed E-state index contributed by atoms with van der Waals surface area (Å²) in [6.45, 7) is 4.42. The van der Waals surface area contributed by atoms with Gasteiger partial charge in [-0.2, -0.15) is 23.5 Å². The lowest BCUT2D eigenvalue weighted by Gasteiger charge is -2.36. The number of hydrogen-bond donors (Lipinski definition) is 1. The lowest BCUT2D eigenvalue weighted by Crippen LogP contribution is -2.37. The molecule has 1 aromatic heterocycles. The highest BCUT2D eigenvalue weighted by Crippen LogP contribution is 2.40. The third kappa shape index (κ3) is 3.22. The average Bonchev–Trinajstić information content (AvgIpc) is 2.40. The Morgan fingerprint density at radius 1 is 1.39 bits per heavy atom. The normalized spacial score (nSPS) is 25.9. The molecule has 1 N–H and O–H groups in total. The molecule has 0 aromatic carbocycles. The van der Waals surface area contributed by atoms with Crippen molar-refractivity contribution < 1.29 is 0 Å². The molecule has 2 heterocycles. The van der Waals surface area contributed by atoms with Crippen LogP contribution in [0.4, 0.5) is 0 Å². The highest BCUT2D eigenvalue weighted by atomic mass is 32.2. The second kappa shape index (κ2) is 6.83. The van der Waals surface area contributed by atoms with Crippen LogP contribution in [0.15, 0.2) is 18.5 Å². The van der Waals surface area contributed by atoms with Crippen LogP contribution in [-0.4, -0.2) is 34.0 Å². The van der Waals surface area contributed by atoms with Crippen molar-refractivity contribution in [3.8, 4) is 0 Å². The second-order valence-electron chi connectivity index (χ2n) is 4.71. The molecule has 0 spiro atoms. The maximum atomic E-state index is 4.34. The SMILES string of the molecule is CCC1SCCSC1C(NC)c1cncc(C)c1. The minimum atomic E-state index is 0.417. The van der Waals surface area contributed by atoms with Gasteiger partial charge in [0, 0.05) is 40.4 Å². The highest BCUT2D eigenvalue weighted by molar-refractivity contribution is 8.07. The fourth-order valence-electron chi connectivity index (χ4n) is 2.52. The lowest BCUT2D eigenvalue weighted by molar-refractivity contribution is 0.542. The van der Waals surface area contributed by atoms with Gasteiger partial charge in [-0.1, -0.05) is 13.0 Å². The van der Waals surface area contributed by atoms with Gasteiger partial charge in [-0.15, -0.1) is 0 Å². The molecule has 0 amide bonds. The van der Waals surface area contributed by atoms with E-state index in [1.807, 2.05) is 12.4 Å². The molecule has 1 aromatic rings. The Balaban J connectivity index is 2.21. The predicted molar refractivity (Wildman–Crippen MR) is 83.6 cm³/mol. The van der Waals surface area contributed by atoms with E-state index < -0.39 is 0 Å². The molecule has 2 nitrogen and oxygen atoms in total. The van der Waals surface area contributed by atoms with E-state index in [0.717, 1.165) is 5.25 Å². The second-order valence-corrected chi connectivity index (χ2v) is 7.35. The van der Waals surface area contributed by atoms with Crippen molar-refractivity contribution in [2.45, 2.75) is 36.8 Å². The quantitative estimate of drug-likeness (QED) is 0.916. The van der Waals surface area contributed by atoms with Crippen molar-refractivity contribution in [3.63, 3.8) is 0 Å². The van der Waals surface area contributed by atoms with Gasteiger partial charge in [-0.05, 0) is 31.5 Å². The van der Waals surface area contributed by atoms with Gasteiger partial charge in [-0.3, -0.25) is 4.98 Å². The highest BCUT2D eigenvalue weighted by Gasteiger charge is 2.32. The van der Waals surface area contributed by atoms with Gasteiger partial charge in [0.1, 0.15) is 0 Å². The van der Waals surface area contributed by atoms with E-state index in [9.17, 15) is 0 Å². The monoisotopic (exact) mass is 282 g/mol. The summed E-state index contributed by atoms with van der Waals surface area (Å²) in [5.74, 6) is 2.56. The maximum absolute atomic E-state index is 4.34. The van der Waals surface area contributed by atoms with Crippen molar-refractivity contribution in [1.29, 1.82) is 0 Å². The van der Waals surface area contributed by atoms with Crippen LogP contribution in [0.1, 0.15) is 30.5 Å². The van der Waals surface area contributed by atoms with Crippen LogP contribution in [0.25, 0.3) is 0 Å². The lowest BCUT2D eigenvalue weighted by atomic mass is 10.0. The number of pyridine rings is 1. The van der Waals surface area contributed by atoms with E-state index >= 15 is 0 Å². The fourth-order valence-corrected chi connectivity index (χ4v) is 5.81. The molecule has 0 radical (unpaired) electrons. The molecular formula is C14H22N2S2. The molecule has 1 fully saturated rings. The largest absolute Gasteiger partial charge is 0.312 e. The first-order chi connectivity index (χ1) is 8.76. The third-order valence-electron chi connectivity index (χ3n) is 3.39. The Kier molecular flexibility index (Phi) is 5.39. The molecule has 18 heavy (non-hydrogen) atoms. The Morgan fingerprint density at radius 2 is 2.17 bits per heavy atom. The standard InChI is InChI=1S/C14H22N2S2/c1-4-12-14(18-6-5-17-12)13(15-3)11-7-10(2)8-16-9-11/h7-9,12-15H,4-6H2,1-3H3. The smallest absolute Gasteiger partial charge is 0.0464 e. The van der Waals surface area contributed by atoms with Crippen molar-refractivity contribution >= 4 is 23.5 Å². The van der Waals surface area contributed by atoms with E-state index in [0.29, 0.717) is 11.3 Å². The van der Waals surface area contributed by atoms with Gasteiger partial charge in [0.05, 0.1) is 0 Å². The van der Waals surface area contributed by atoms with E-state index in [1.165, 1.54) is 29.1 Å². The first kappa shape index (κ1) is 14.2. The summed E-state index contributed by atoms with van der Waals surface area (Å²) in [6, 6.07) is 2.68. The predicted octanol–water partition coefficient (Wildman–Crippen LogP) is 3.28. The Bertz CT molecular complexity index is 384. The Morgan fingerprint density at radius 3 is 2.83 bits per heavy atom. The molecule has 3 unspecified atom stereocenters. The van der Waals surface area contributed by atoms with Crippen molar-refractivity contribution in [1.82, 2.24) is 10.3 Å². The molecule has 4 heteroatoms. The maximum Gasteiger partial charge on any atom is 0.0464 e. The average molecular weight is 282 g/mol. The molecule has 100 valence electrons. The molecule has 1 aliphatic rings. The van der Waals surface area contributed by atoms with Crippen LogP contribution in [0.5, 0.6) is 0 Å². The Labute approximate surface area is 119 Å². The van der Waals surface area contributed by atoms with Gasteiger partial charge in [0.25, 0.3) is 0 Å². The van der Waals surface area contributed by atoms with Crippen LogP contribution in [0, 0.1) is 6.92 Å². The molecule has 0 saturated carbocycles. The van der Waals surface area contributed by atoms with E-state index in [-0.39, 0.29) is 0 Å². The van der Waals surface area contributed by atoms with E-state index in [1.54, 1.807) is 0 Å². The first-order valence-corrected chi connectivity index (χ1v) is 8.68. The molecular weight excluding hydrogens is 260 g/mol. The summed E-state index contributed by atoms with van der Waals surface area (Å²) in [5, 5.41) is 4.91. The minimum Gasteiger partial charge on any atom is -0.312 e. The zero-order chi connectivity index (χ0) is 13.0. The van der Waals surface area contributed by atoms with Crippen LogP contribution in [-0.2, 0) is 0 Å². The molecule has 0 bridgehead atoms. The molecule has 1 aliphatic heterocycles. The van der Waals surface area contributed by atoms with Gasteiger partial charge in [0.2, 0.25) is 0 Å². The molecule has 3 atom stereocenters. The number of rotatable bonds is 4. The Hall–Kier alpha value is -0.190. The van der Waals surface area contributed by atoms with Crippen molar-refractivity contribution in [2.24, 2.45) is 0 Å². The summed E-state index contributed by atoms with van der Waals surface area (Å²) in [4.78, 5) is 4.34. The zero-order valence-corrected chi connectivity index (χ0v) is 13.0. The van der Waals surface area contributed by atoms with Crippen molar-refractivity contribution in [2.75, 3.05) is 18.6 Å². The summed E-state index contributed by atoms with van der Waals surface area (Å²) in [5.41, 5.74) is 2.57. The van der Waals surface area contributed by atoms with Crippen LogP contribution < -0.4 is 5.32 Å². The minimum absolute atomic E-state index is 0.417. The number of aromatic nitrogens is 1. The van der Waals surface area contributed by atoms with Crippen LogP contribution in [0.3, 0.4) is 0 Å². The van der Waals surface area contributed by atoms with Gasteiger partial charge in [0.15, 0.2) is 0 Å². The number of nitrogens with zero attached hydrogens (tertiary/aromatic N) is 1. The summed E-state index contributed by atoms with van der Waals surface area (Å²) in [6.07, 6.45) is 5.19. The van der Waals surface area contributed by atoms with Crippen LogP contribution in [0.2, 0.25) is 0 Å². The summed E-state index contributed by atoms with van der Waals surface area (Å²) in [7, 11) is 2.07. The molecule has 0 aliphatic carbocycles. The fraction of sp³-hybridized carbons (Fsp3) is 0.643. The van der Waals surface area contributed by atoms with Gasteiger partial charge < -0.3 is 5.32 Å². The topological polar surface area (TPSA) is 24.9 Å². The number of nitrogens with one attached hydrogen (secondary N) is 1. The number of aryl methyl sites for hydroxylation is 1. The number of thioether (sulfide) groups is 2. The molecule has 2 rings (SSSR count). The third-order valence-corrected chi connectivity index (χ3v) is 6.74. The number of hydrogen-bond acceptors (Lipinski definition) is 4. The first-order valence-electron chi connectivity index (χ1n) is 6.58. The molecule has 1 saturated heterocycles. The van der Waals surface area contributed by atoms with E-state index in [4.69, 9.17) is 0 Å². The van der Waals surface area contributed by atoms with Gasteiger partial charge >= 0.3 is 0 Å².